The van der Waals surface area contributed by atoms with Gasteiger partial charge in [-0.3, -0.25) is 14.0 Å². The Kier molecular flexibility index (Phi) is 5.16. The first-order valence-electron chi connectivity index (χ1n) is 8.78. The van der Waals surface area contributed by atoms with Crippen LogP contribution in [0.2, 0.25) is 0 Å². The van der Waals surface area contributed by atoms with Crippen LogP contribution in [0.4, 0.5) is 0 Å². The number of carbonyl (C=O) groups excluding carboxylic acids is 1. The van der Waals surface area contributed by atoms with Gasteiger partial charge in [-0.1, -0.05) is 41.7 Å². The minimum atomic E-state index is -3.56. The van der Waals surface area contributed by atoms with Gasteiger partial charge in [0.15, 0.2) is 14.8 Å². The molecule has 2 heterocycles. The molecule has 0 fully saturated rings. The second-order valence-corrected chi connectivity index (χ2v) is 9.43. The number of benzene rings is 2. The van der Waals surface area contributed by atoms with E-state index in [4.69, 9.17) is 4.74 Å². The van der Waals surface area contributed by atoms with E-state index in [2.05, 4.69) is 4.98 Å². The molecule has 0 aliphatic rings. The highest BCUT2D eigenvalue weighted by Crippen LogP contribution is 2.23. The first-order chi connectivity index (χ1) is 13.9. The third-order valence-corrected chi connectivity index (χ3v) is 7.06. The first kappa shape index (κ1) is 19.3. The molecule has 29 heavy (non-hydrogen) atoms. The Morgan fingerprint density at radius 2 is 1.79 bits per heavy atom. The van der Waals surface area contributed by atoms with Gasteiger partial charge in [0.2, 0.25) is 0 Å². The average molecular weight is 428 g/mol. The van der Waals surface area contributed by atoms with Crippen LogP contribution in [0.25, 0.3) is 15.2 Å². The number of ether oxygens (including phenoxy) is 1. The molecule has 0 atom stereocenters. The molecule has 2 aromatic heterocycles. The Bertz CT molecular complexity index is 1360. The minimum absolute atomic E-state index is 0.165. The third kappa shape index (κ3) is 4.06. The Hall–Kier alpha value is -3.04. The van der Waals surface area contributed by atoms with Crippen LogP contribution in [-0.2, 0) is 26.0 Å². The summed E-state index contributed by atoms with van der Waals surface area (Å²) in [6, 6.07) is 16.7. The molecule has 7 nitrogen and oxygen atoms in total. The highest BCUT2D eigenvalue weighted by molar-refractivity contribution is 7.91. The quantitative estimate of drug-likeness (QED) is 0.438. The van der Waals surface area contributed by atoms with Gasteiger partial charge in [0, 0.05) is 6.07 Å². The minimum Gasteiger partial charge on any atom is -0.459 e. The molecule has 0 bridgehead atoms. The lowest BCUT2D eigenvalue weighted by atomic mass is 10.3. The van der Waals surface area contributed by atoms with Crippen molar-refractivity contribution in [3.63, 3.8) is 0 Å². The number of thiazole rings is 1. The van der Waals surface area contributed by atoms with Crippen molar-refractivity contribution in [3.8, 4) is 0 Å². The molecule has 4 aromatic rings. The van der Waals surface area contributed by atoms with Crippen LogP contribution in [0.1, 0.15) is 12.1 Å². The molecule has 9 heteroatoms. The predicted octanol–water partition coefficient (Wildman–Crippen LogP) is 2.82. The highest BCUT2D eigenvalue weighted by atomic mass is 32.2. The molecule has 148 valence electrons. The second kappa shape index (κ2) is 7.76. The van der Waals surface area contributed by atoms with Crippen molar-refractivity contribution in [2.24, 2.45) is 0 Å². The summed E-state index contributed by atoms with van der Waals surface area (Å²) < 4.78 is 32.0. The van der Waals surface area contributed by atoms with Crippen molar-refractivity contribution in [3.05, 3.63) is 76.7 Å². The molecule has 0 aliphatic heterocycles. The van der Waals surface area contributed by atoms with E-state index in [1.807, 2.05) is 24.3 Å². The largest absolute Gasteiger partial charge is 0.459 e. The van der Waals surface area contributed by atoms with Crippen LogP contribution in [-0.4, -0.2) is 29.5 Å². The van der Waals surface area contributed by atoms with Crippen molar-refractivity contribution < 1.29 is 17.9 Å². The maximum absolute atomic E-state index is 12.4. The van der Waals surface area contributed by atoms with Crippen molar-refractivity contribution in [1.82, 2.24) is 9.38 Å². The summed E-state index contributed by atoms with van der Waals surface area (Å²) in [5.74, 6) is -1.01. The Morgan fingerprint density at radius 1 is 1.07 bits per heavy atom. The Labute approximate surface area is 170 Å². The van der Waals surface area contributed by atoms with Crippen molar-refractivity contribution in [1.29, 1.82) is 0 Å². The van der Waals surface area contributed by atoms with E-state index in [1.54, 1.807) is 18.2 Å². The molecule has 0 spiro atoms. The summed E-state index contributed by atoms with van der Waals surface area (Å²) in [6.07, 6.45) is -0.276. The van der Waals surface area contributed by atoms with Gasteiger partial charge in [0.25, 0.3) is 5.56 Å². The van der Waals surface area contributed by atoms with Crippen molar-refractivity contribution in [2.75, 3.05) is 5.75 Å². The number of aromatic nitrogens is 2. The fourth-order valence-electron chi connectivity index (χ4n) is 2.89. The van der Waals surface area contributed by atoms with Gasteiger partial charge in [-0.05, 0) is 24.3 Å². The molecular weight excluding hydrogens is 412 g/mol. The summed E-state index contributed by atoms with van der Waals surface area (Å²) in [4.78, 5) is 29.5. The summed E-state index contributed by atoms with van der Waals surface area (Å²) in [7, 11) is -3.56. The van der Waals surface area contributed by atoms with E-state index in [9.17, 15) is 18.0 Å². The zero-order valence-electron chi connectivity index (χ0n) is 15.1. The Balaban J connectivity index is 1.43. The van der Waals surface area contributed by atoms with Gasteiger partial charge in [0.05, 0.1) is 33.0 Å². The number of rotatable bonds is 6. The van der Waals surface area contributed by atoms with Gasteiger partial charge in [-0.25, -0.2) is 13.4 Å². The van der Waals surface area contributed by atoms with Crippen molar-refractivity contribution in [2.45, 2.75) is 17.9 Å². The smallest absolute Gasteiger partial charge is 0.307 e. The third-order valence-electron chi connectivity index (χ3n) is 4.31. The summed E-state index contributed by atoms with van der Waals surface area (Å²) in [5.41, 5.74) is 0.839. The van der Waals surface area contributed by atoms with E-state index in [0.29, 0.717) is 10.7 Å². The Morgan fingerprint density at radius 3 is 2.59 bits per heavy atom. The fraction of sp³-hybridized carbons (Fsp3) is 0.150. The number of sulfone groups is 1. The normalized spacial score (nSPS) is 11.7. The second-order valence-electron chi connectivity index (χ2n) is 6.32. The van der Waals surface area contributed by atoms with Crippen LogP contribution < -0.4 is 5.56 Å². The number of hydrogen-bond acceptors (Lipinski definition) is 7. The fourth-order valence-corrected chi connectivity index (χ4v) is 5.18. The standard InChI is InChI=1S/C20H16N2O5S2/c23-18-12-14(21-20-22(18)16-8-4-5-9-17(16)28-20)13-27-19(24)10-11-29(25,26)15-6-2-1-3-7-15/h1-9,12H,10-11,13H2. The molecule has 0 radical (unpaired) electrons. The predicted molar refractivity (Wildman–Crippen MR) is 110 cm³/mol. The molecule has 4 rings (SSSR count). The van der Waals surface area contributed by atoms with Gasteiger partial charge < -0.3 is 4.74 Å². The van der Waals surface area contributed by atoms with Crippen LogP contribution >= 0.6 is 11.3 Å². The number of carbonyl (C=O) groups is 1. The molecule has 0 amide bonds. The van der Waals surface area contributed by atoms with Gasteiger partial charge in [-0.2, -0.15) is 0 Å². The first-order valence-corrected chi connectivity index (χ1v) is 11.2. The highest BCUT2D eigenvalue weighted by Gasteiger charge is 2.17. The lowest BCUT2D eigenvalue weighted by molar-refractivity contribution is -0.144. The summed E-state index contributed by atoms with van der Waals surface area (Å²) in [5, 5.41) is 0. The number of hydrogen-bond donors (Lipinski definition) is 0. The average Bonchev–Trinajstić information content (AvgIpc) is 3.10. The van der Waals surface area contributed by atoms with Gasteiger partial charge >= 0.3 is 5.97 Å². The maximum atomic E-state index is 12.4. The van der Waals surface area contributed by atoms with Crippen LogP contribution in [0.15, 0.2) is 70.4 Å². The number of nitrogens with zero attached hydrogens (tertiary/aromatic N) is 2. The molecule has 0 aliphatic carbocycles. The van der Waals surface area contributed by atoms with E-state index in [-0.39, 0.29) is 29.2 Å². The summed E-state index contributed by atoms with van der Waals surface area (Å²) in [6.45, 7) is -0.190. The van der Waals surface area contributed by atoms with Crippen LogP contribution in [0, 0.1) is 0 Å². The zero-order valence-corrected chi connectivity index (χ0v) is 16.8. The summed E-state index contributed by atoms with van der Waals surface area (Å²) >= 11 is 1.37. The molecule has 0 saturated heterocycles. The van der Waals surface area contributed by atoms with E-state index >= 15 is 0 Å². The van der Waals surface area contributed by atoms with Crippen molar-refractivity contribution >= 4 is 42.3 Å². The number of para-hydroxylation sites is 1. The van der Waals surface area contributed by atoms with E-state index < -0.39 is 15.8 Å². The van der Waals surface area contributed by atoms with E-state index in [1.165, 1.54) is 33.9 Å². The topological polar surface area (TPSA) is 94.8 Å². The van der Waals surface area contributed by atoms with Crippen LogP contribution in [0.5, 0.6) is 0 Å². The van der Waals surface area contributed by atoms with Gasteiger partial charge in [0.1, 0.15) is 6.61 Å². The molecule has 0 saturated carbocycles. The van der Waals surface area contributed by atoms with Crippen LogP contribution in [0.3, 0.4) is 0 Å². The maximum Gasteiger partial charge on any atom is 0.307 e. The molecule has 0 unspecified atom stereocenters. The number of fused-ring (bicyclic) bond motifs is 3. The molecule has 0 N–H and O–H groups in total. The molecular formula is C20H16N2O5S2. The number of esters is 1. The molecule has 2 aromatic carbocycles. The zero-order chi connectivity index (χ0) is 20.4. The monoisotopic (exact) mass is 428 g/mol. The SMILES string of the molecule is O=C(CCS(=O)(=O)c1ccccc1)OCc1cc(=O)n2c(n1)sc1ccccc12. The van der Waals surface area contributed by atoms with E-state index in [0.717, 1.165) is 10.2 Å². The van der Waals surface area contributed by atoms with Gasteiger partial charge in [-0.15, -0.1) is 0 Å². The lowest BCUT2D eigenvalue weighted by Gasteiger charge is -2.06. The lowest BCUT2D eigenvalue weighted by Crippen LogP contribution is -2.16.